The van der Waals surface area contributed by atoms with Crippen molar-refractivity contribution in [3.63, 3.8) is 0 Å². The first kappa shape index (κ1) is 15.3. The number of benzene rings is 1. The minimum atomic E-state index is -0.401. The predicted octanol–water partition coefficient (Wildman–Crippen LogP) is 1.95. The summed E-state index contributed by atoms with van der Waals surface area (Å²) in [6.45, 7) is 4.11. The Bertz CT molecular complexity index is 431. The van der Waals surface area contributed by atoms with E-state index in [4.69, 9.17) is 5.11 Å². The molecule has 0 aliphatic carbocycles. The van der Waals surface area contributed by atoms with E-state index < -0.39 is 6.10 Å². The predicted molar refractivity (Wildman–Crippen MR) is 78.8 cm³/mol. The molecule has 0 spiro atoms. The number of anilines is 2. The average Bonchev–Trinajstić information content (AvgIpc) is 2.31. The summed E-state index contributed by atoms with van der Waals surface area (Å²) < 4.78 is 0. The molecule has 0 aromatic heterocycles. The van der Waals surface area contributed by atoms with Gasteiger partial charge < -0.3 is 20.6 Å². The fraction of sp³-hybridized carbons (Fsp3) is 0.500. The Morgan fingerprint density at radius 2 is 2.11 bits per heavy atom. The van der Waals surface area contributed by atoms with Crippen LogP contribution in [0.15, 0.2) is 18.2 Å². The summed E-state index contributed by atoms with van der Waals surface area (Å²) in [5.74, 6) is 0. The summed E-state index contributed by atoms with van der Waals surface area (Å²) in [7, 11) is 3.95. The van der Waals surface area contributed by atoms with Gasteiger partial charge in [-0.05, 0) is 44.0 Å². The topological polar surface area (TPSA) is 64.6 Å². The number of rotatable bonds is 5. The lowest BCUT2D eigenvalue weighted by Crippen LogP contribution is -2.31. The third kappa shape index (κ3) is 5.18. The molecule has 1 aromatic rings. The van der Waals surface area contributed by atoms with E-state index in [0.29, 0.717) is 13.0 Å². The van der Waals surface area contributed by atoms with Gasteiger partial charge in [0.15, 0.2) is 0 Å². The van der Waals surface area contributed by atoms with Gasteiger partial charge in [0.1, 0.15) is 0 Å². The van der Waals surface area contributed by atoms with Gasteiger partial charge in [0, 0.05) is 32.0 Å². The fourth-order valence-electron chi connectivity index (χ4n) is 1.63. The van der Waals surface area contributed by atoms with Crippen LogP contribution in [-0.4, -0.2) is 37.9 Å². The average molecular weight is 265 g/mol. The van der Waals surface area contributed by atoms with Gasteiger partial charge in [-0.3, -0.25) is 0 Å². The van der Waals surface area contributed by atoms with Crippen LogP contribution in [0.1, 0.15) is 18.9 Å². The number of hydrogen-bond donors (Lipinski definition) is 3. The van der Waals surface area contributed by atoms with Crippen LogP contribution in [0.2, 0.25) is 0 Å². The maximum absolute atomic E-state index is 11.7. The van der Waals surface area contributed by atoms with Crippen molar-refractivity contribution in [2.45, 2.75) is 26.4 Å². The second-order valence-electron chi connectivity index (χ2n) is 4.91. The second-order valence-corrected chi connectivity index (χ2v) is 4.91. The zero-order valence-electron chi connectivity index (χ0n) is 12.0. The summed E-state index contributed by atoms with van der Waals surface area (Å²) in [6, 6.07) is 5.62. The van der Waals surface area contributed by atoms with Crippen LogP contribution < -0.4 is 15.5 Å². The maximum atomic E-state index is 11.7. The van der Waals surface area contributed by atoms with Crippen LogP contribution in [0, 0.1) is 6.92 Å². The summed E-state index contributed by atoms with van der Waals surface area (Å²) in [5, 5.41) is 14.6. The zero-order valence-corrected chi connectivity index (χ0v) is 12.0. The van der Waals surface area contributed by atoms with Gasteiger partial charge in [-0.1, -0.05) is 0 Å². The first-order chi connectivity index (χ1) is 8.90. The lowest BCUT2D eigenvalue weighted by atomic mass is 10.1. The zero-order chi connectivity index (χ0) is 14.4. The van der Waals surface area contributed by atoms with Crippen molar-refractivity contribution in [2.75, 3.05) is 30.9 Å². The molecule has 0 fully saturated rings. The summed E-state index contributed by atoms with van der Waals surface area (Å²) in [5.41, 5.74) is 2.90. The highest BCUT2D eigenvalue weighted by molar-refractivity contribution is 5.90. The van der Waals surface area contributed by atoms with Crippen molar-refractivity contribution >= 4 is 17.4 Å². The molecule has 3 N–H and O–H groups in total. The molecule has 1 aromatic carbocycles. The number of aryl methyl sites for hydroxylation is 1. The number of carbonyl (C=O) groups excluding carboxylic acids is 1. The molecule has 0 bridgehead atoms. The molecule has 0 radical (unpaired) electrons. The number of aliphatic hydroxyl groups excluding tert-OH is 1. The largest absolute Gasteiger partial charge is 0.393 e. The van der Waals surface area contributed by atoms with Crippen LogP contribution in [0.5, 0.6) is 0 Å². The van der Waals surface area contributed by atoms with Gasteiger partial charge >= 0.3 is 6.03 Å². The molecule has 1 atom stereocenters. The molecule has 2 amide bonds. The van der Waals surface area contributed by atoms with Crippen LogP contribution >= 0.6 is 0 Å². The van der Waals surface area contributed by atoms with Crippen molar-refractivity contribution in [3.05, 3.63) is 23.8 Å². The minimum absolute atomic E-state index is 0.249. The molecular weight excluding hydrogens is 242 g/mol. The van der Waals surface area contributed by atoms with E-state index in [-0.39, 0.29) is 6.03 Å². The van der Waals surface area contributed by atoms with E-state index in [1.165, 1.54) is 0 Å². The van der Waals surface area contributed by atoms with Crippen LogP contribution in [0.25, 0.3) is 0 Å². The Hall–Kier alpha value is -1.75. The van der Waals surface area contributed by atoms with Gasteiger partial charge in [-0.2, -0.15) is 0 Å². The van der Waals surface area contributed by atoms with E-state index in [1.54, 1.807) is 6.92 Å². The molecule has 0 saturated heterocycles. The first-order valence-corrected chi connectivity index (χ1v) is 6.41. The van der Waals surface area contributed by atoms with Crippen molar-refractivity contribution in [1.82, 2.24) is 5.32 Å². The second kappa shape index (κ2) is 6.99. The number of amides is 2. The molecule has 0 aliphatic heterocycles. The van der Waals surface area contributed by atoms with Crippen molar-refractivity contribution in [3.8, 4) is 0 Å². The quantitative estimate of drug-likeness (QED) is 0.762. The molecule has 5 heteroatoms. The van der Waals surface area contributed by atoms with Gasteiger partial charge in [0.2, 0.25) is 0 Å². The van der Waals surface area contributed by atoms with Gasteiger partial charge in [0.25, 0.3) is 0 Å². The van der Waals surface area contributed by atoms with Gasteiger partial charge in [-0.15, -0.1) is 0 Å². The van der Waals surface area contributed by atoms with Crippen molar-refractivity contribution < 1.29 is 9.90 Å². The minimum Gasteiger partial charge on any atom is -0.393 e. The normalized spacial score (nSPS) is 11.8. The Kier molecular flexibility index (Phi) is 5.63. The van der Waals surface area contributed by atoms with Crippen LogP contribution in [0.4, 0.5) is 16.2 Å². The molecule has 0 heterocycles. The molecule has 5 nitrogen and oxygen atoms in total. The first-order valence-electron chi connectivity index (χ1n) is 6.41. The van der Waals surface area contributed by atoms with Crippen molar-refractivity contribution in [2.24, 2.45) is 0 Å². The standard InChI is InChI=1S/C14H23N3O2/c1-10-9-12(17(3)4)5-6-13(10)16-14(19)15-8-7-11(2)18/h5-6,9,11,18H,7-8H2,1-4H3,(H2,15,16,19). The molecule has 1 rings (SSSR count). The highest BCUT2D eigenvalue weighted by Crippen LogP contribution is 2.21. The summed E-state index contributed by atoms with van der Waals surface area (Å²) in [6.07, 6.45) is 0.146. The Morgan fingerprint density at radius 1 is 1.42 bits per heavy atom. The van der Waals surface area contributed by atoms with E-state index in [1.807, 2.05) is 44.1 Å². The van der Waals surface area contributed by atoms with Gasteiger partial charge in [0.05, 0.1) is 6.10 Å². The van der Waals surface area contributed by atoms with E-state index in [2.05, 4.69) is 10.6 Å². The molecule has 19 heavy (non-hydrogen) atoms. The molecule has 0 saturated carbocycles. The Morgan fingerprint density at radius 3 is 2.63 bits per heavy atom. The Labute approximate surface area is 114 Å². The molecule has 0 aliphatic rings. The highest BCUT2D eigenvalue weighted by atomic mass is 16.3. The number of hydrogen-bond acceptors (Lipinski definition) is 3. The monoisotopic (exact) mass is 265 g/mol. The van der Waals surface area contributed by atoms with Crippen LogP contribution in [0.3, 0.4) is 0 Å². The maximum Gasteiger partial charge on any atom is 0.319 e. The summed E-state index contributed by atoms with van der Waals surface area (Å²) >= 11 is 0. The fourth-order valence-corrected chi connectivity index (χ4v) is 1.63. The number of carbonyl (C=O) groups is 1. The summed E-state index contributed by atoms with van der Waals surface area (Å²) in [4.78, 5) is 13.7. The molecule has 1 unspecified atom stereocenters. The number of urea groups is 1. The van der Waals surface area contributed by atoms with Crippen molar-refractivity contribution in [1.29, 1.82) is 0 Å². The van der Waals surface area contributed by atoms with E-state index in [0.717, 1.165) is 16.9 Å². The van der Waals surface area contributed by atoms with Crippen LogP contribution in [-0.2, 0) is 0 Å². The number of nitrogens with one attached hydrogen (secondary N) is 2. The van der Waals surface area contributed by atoms with Gasteiger partial charge in [-0.25, -0.2) is 4.79 Å². The van der Waals surface area contributed by atoms with E-state index in [9.17, 15) is 4.79 Å². The Balaban J connectivity index is 2.55. The highest BCUT2D eigenvalue weighted by Gasteiger charge is 2.06. The molecule has 106 valence electrons. The number of aliphatic hydroxyl groups is 1. The van der Waals surface area contributed by atoms with E-state index >= 15 is 0 Å². The third-order valence-corrected chi connectivity index (χ3v) is 2.82. The lowest BCUT2D eigenvalue weighted by Gasteiger charge is -2.16. The number of nitrogens with zero attached hydrogens (tertiary/aromatic N) is 1. The SMILES string of the molecule is Cc1cc(N(C)C)ccc1NC(=O)NCCC(C)O. The lowest BCUT2D eigenvalue weighted by molar-refractivity contribution is 0.184. The molecular formula is C14H23N3O2. The smallest absolute Gasteiger partial charge is 0.319 e. The third-order valence-electron chi connectivity index (χ3n) is 2.82.